The fourth-order valence-corrected chi connectivity index (χ4v) is 3.15. The van der Waals surface area contributed by atoms with Crippen molar-refractivity contribution in [2.75, 3.05) is 18.5 Å². The summed E-state index contributed by atoms with van der Waals surface area (Å²) in [4.78, 5) is 18.7. The summed E-state index contributed by atoms with van der Waals surface area (Å²) >= 11 is 0. The third-order valence-corrected chi connectivity index (χ3v) is 4.73. The summed E-state index contributed by atoms with van der Waals surface area (Å²) in [5.41, 5.74) is 2.24. The number of aryl methyl sites for hydroxylation is 1. The van der Waals surface area contributed by atoms with Crippen molar-refractivity contribution in [2.24, 2.45) is 0 Å². The largest absolute Gasteiger partial charge is 0.339 e. The molecule has 6 nitrogen and oxygen atoms in total. The van der Waals surface area contributed by atoms with E-state index in [9.17, 15) is 4.79 Å². The van der Waals surface area contributed by atoms with Gasteiger partial charge in [0.1, 0.15) is 0 Å². The molecule has 1 aliphatic rings. The minimum Gasteiger partial charge on any atom is -0.339 e. The number of nitrogens with one attached hydrogen (secondary N) is 1. The van der Waals surface area contributed by atoms with Crippen molar-refractivity contribution in [1.82, 2.24) is 15.5 Å². The molecule has 2 atom stereocenters. The van der Waals surface area contributed by atoms with Gasteiger partial charge in [0.05, 0.1) is 5.92 Å². The predicted octanol–water partition coefficient (Wildman–Crippen LogP) is 3.11. The zero-order valence-corrected chi connectivity index (χ0v) is 16.4. The first-order valence-electron chi connectivity index (χ1n) is 8.99. The zero-order chi connectivity index (χ0) is 17.8. The van der Waals surface area contributed by atoms with Gasteiger partial charge in [-0.25, -0.2) is 0 Å². The van der Waals surface area contributed by atoms with Crippen LogP contribution < -0.4 is 10.2 Å². The highest BCUT2D eigenvalue weighted by Gasteiger charge is 2.35. The van der Waals surface area contributed by atoms with Crippen LogP contribution >= 0.6 is 12.4 Å². The Morgan fingerprint density at radius 1 is 1.35 bits per heavy atom. The van der Waals surface area contributed by atoms with E-state index in [4.69, 9.17) is 4.52 Å². The molecule has 1 aromatic heterocycles. The molecular formula is C19H27ClN4O2. The lowest BCUT2D eigenvalue weighted by Crippen LogP contribution is -2.24. The molecule has 2 unspecified atom stereocenters. The maximum atomic E-state index is 12.4. The molecule has 1 aromatic carbocycles. The van der Waals surface area contributed by atoms with Gasteiger partial charge >= 0.3 is 0 Å². The third kappa shape index (κ3) is 4.62. The monoisotopic (exact) mass is 378 g/mol. The van der Waals surface area contributed by atoms with Gasteiger partial charge in [-0.1, -0.05) is 30.6 Å². The highest BCUT2D eigenvalue weighted by atomic mass is 35.5. The van der Waals surface area contributed by atoms with Crippen molar-refractivity contribution in [3.05, 3.63) is 41.5 Å². The van der Waals surface area contributed by atoms with Gasteiger partial charge in [0, 0.05) is 31.1 Å². The molecule has 142 valence electrons. The van der Waals surface area contributed by atoms with Crippen molar-refractivity contribution in [3.63, 3.8) is 0 Å². The molecule has 1 saturated heterocycles. The lowest BCUT2D eigenvalue weighted by molar-refractivity contribution is -0.117. The van der Waals surface area contributed by atoms with Crippen LogP contribution in [-0.4, -0.2) is 35.7 Å². The van der Waals surface area contributed by atoms with Gasteiger partial charge in [0.2, 0.25) is 11.8 Å². The molecular weight excluding hydrogens is 352 g/mol. The van der Waals surface area contributed by atoms with Gasteiger partial charge in [-0.2, -0.15) is 4.98 Å². The van der Waals surface area contributed by atoms with Gasteiger partial charge in [0.25, 0.3) is 0 Å². The Morgan fingerprint density at radius 2 is 2.08 bits per heavy atom. The van der Waals surface area contributed by atoms with Gasteiger partial charge in [-0.15, -0.1) is 12.4 Å². The summed E-state index contributed by atoms with van der Waals surface area (Å²) in [6, 6.07) is 8.54. The molecule has 0 radical (unpaired) electrons. The molecule has 1 aliphatic heterocycles. The van der Waals surface area contributed by atoms with Crippen LogP contribution in [0.3, 0.4) is 0 Å². The molecule has 1 amide bonds. The average molecular weight is 379 g/mol. The van der Waals surface area contributed by atoms with Crippen molar-refractivity contribution < 1.29 is 9.32 Å². The van der Waals surface area contributed by atoms with Crippen LogP contribution in [0.2, 0.25) is 0 Å². The molecule has 1 N–H and O–H groups in total. The van der Waals surface area contributed by atoms with Crippen molar-refractivity contribution in [3.8, 4) is 0 Å². The van der Waals surface area contributed by atoms with Gasteiger partial charge in [-0.3, -0.25) is 4.79 Å². The zero-order valence-electron chi connectivity index (χ0n) is 15.6. The van der Waals surface area contributed by atoms with E-state index in [-0.39, 0.29) is 30.3 Å². The van der Waals surface area contributed by atoms with Crippen LogP contribution in [0, 0.1) is 0 Å². The minimum absolute atomic E-state index is 0. The number of carbonyl (C=O) groups excluding carboxylic acids is 1. The molecule has 0 aliphatic carbocycles. The minimum atomic E-state index is -0.0334. The summed E-state index contributed by atoms with van der Waals surface area (Å²) in [5.74, 6) is 1.33. The quantitative estimate of drug-likeness (QED) is 0.801. The topological polar surface area (TPSA) is 71.3 Å². The second-order valence-corrected chi connectivity index (χ2v) is 6.76. The summed E-state index contributed by atoms with van der Waals surface area (Å²) in [6.45, 7) is 4.83. The summed E-state index contributed by atoms with van der Waals surface area (Å²) in [6.07, 6.45) is 3.31. The highest BCUT2D eigenvalue weighted by Crippen LogP contribution is 2.31. The van der Waals surface area contributed by atoms with Crippen molar-refractivity contribution in [1.29, 1.82) is 0 Å². The number of carbonyl (C=O) groups is 1. The van der Waals surface area contributed by atoms with E-state index < -0.39 is 0 Å². The Balaban J connectivity index is 0.00000243. The van der Waals surface area contributed by atoms with E-state index in [1.54, 1.807) is 0 Å². The van der Waals surface area contributed by atoms with E-state index in [1.165, 1.54) is 5.56 Å². The number of rotatable bonds is 7. The van der Waals surface area contributed by atoms with Gasteiger partial charge < -0.3 is 14.7 Å². The maximum Gasteiger partial charge on any atom is 0.232 e. The van der Waals surface area contributed by atoms with E-state index in [0.29, 0.717) is 31.1 Å². The lowest BCUT2D eigenvalue weighted by atomic mass is 10.1. The molecule has 0 bridgehead atoms. The van der Waals surface area contributed by atoms with Crippen LogP contribution in [0.25, 0.3) is 0 Å². The number of nitrogens with zero attached hydrogens (tertiary/aromatic N) is 3. The third-order valence-electron chi connectivity index (χ3n) is 4.73. The van der Waals surface area contributed by atoms with Crippen LogP contribution in [0.1, 0.15) is 49.9 Å². The Hall–Kier alpha value is -1.92. The Kier molecular flexibility index (Phi) is 7.17. The SMILES string of the molecule is CCCc1ccc(N2CC(c3nc(CC(C)NC)no3)CC2=O)cc1.Cl. The summed E-state index contributed by atoms with van der Waals surface area (Å²) < 4.78 is 5.41. The van der Waals surface area contributed by atoms with Crippen LogP contribution in [0.15, 0.2) is 28.8 Å². The standard InChI is InChI=1S/C19H26N4O2.ClH/c1-4-5-14-6-8-16(9-7-14)23-12-15(11-18(23)24)19-21-17(22-25-19)10-13(2)20-3;/h6-9,13,15,20H,4-5,10-12H2,1-3H3;1H. The van der Waals surface area contributed by atoms with E-state index in [1.807, 2.05) is 24.1 Å². The first kappa shape index (κ1) is 20.4. The second kappa shape index (κ2) is 9.14. The second-order valence-electron chi connectivity index (χ2n) is 6.76. The smallest absolute Gasteiger partial charge is 0.232 e. The molecule has 3 rings (SSSR count). The molecule has 0 saturated carbocycles. The normalized spacial score (nSPS) is 18.0. The van der Waals surface area contributed by atoms with Crippen LogP contribution in [0.5, 0.6) is 0 Å². The summed E-state index contributed by atoms with van der Waals surface area (Å²) in [5, 5.41) is 7.20. The molecule has 26 heavy (non-hydrogen) atoms. The number of benzene rings is 1. The first-order chi connectivity index (χ1) is 12.1. The summed E-state index contributed by atoms with van der Waals surface area (Å²) in [7, 11) is 1.91. The molecule has 7 heteroatoms. The van der Waals surface area contributed by atoms with Gasteiger partial charge in [-0.05, 0) is 38.1 Å². The number of anilines is 1. The van der Waals surface area contributed by atoms with Crippen LogP contribution in [0.4, 0.5) is 5.69 Å². The van der Waals surface area contributed by atoms with E-state index in [0.717, 1.165) is 18.5 Å². The average Bonchev–Trinajstić information content (AvgIpc) is 3.22. The number of amides is 1. The van der Waals surface area contributed by atoms with Crippen molar-refractivity contribution >= 4 is 24.0 Å². The fraction of sp³-hybridized carbons (Fsp3) is 0.526. The van der Waals surface area contributed by atoms with Gasteiger partial charge in [0.15, 0.2) is 5.82 Å². The Morgan fingerprint density at radius 3 is 2.73 bits per heavy atom. The fourth-order valence-electron chi connectivity index (χ4n) is 3.15. The number of hydrogen-bond acceptors (Lipinski definition) is 5. The Labute approximate surface area is 160 Å². The highest BCUT2D eigenvalue weighted by molar-refractivity contribution is 5.96. The molecule has 1 fully saturated rings. The number of halogens is 1. The van der Waals surface area contributed by atoms with Crippen LogP contribution in [-0.2, 0) is 17.6 Å². The number of hydrogen-bond donors (Lipinski definition) is 1. The molecule has 0 spiro atoms. The predicted molar refractivity (Wildman–Crippen MR) is 104 cm³/mol. The lowest BCUT2D eigenvalue weighted by Gasteiger charge is -2.16. The number of aromatic nitrogens is 2. The maximum absolute atomic E-state index is 12.4. The Bertz CT molecular complexity index is 717. The van der Waals surface area contributed by atoms with E-state index >= 15 is 0 Å². The van der Waals surface area contributed by atoms with Crippen molar-refractivity contribution in [2.45, 2.75) is 51.5 Å². The number of likely N-dealkylation sites (N-methyl/N-ethyl adjacent to an activating group) is 1. The molecule has 2 aromatic rings. The first-order valence-corrected chi connectivity index (χ1v) is 8.99. The van der Waals surface area contributed by atoms with E-state index in [2.05, 4.69) is 41.4 Å². The molecule has 2 heterocycles.